The molecular formula is C17H17F2N. The van der Waals surface area contributed by atoms with Crippen LogP contribution in [0.1, 0.15) is 16.7 Å². The second-order valence-corrected chi connectivity index (χ2v) is 5.67. The minimum atomic E-state index is -0.381. The van der Waals surface area contributed by atoms with E-state index in [4.69, 9.17) is 0 Å². The highest BCUT2D eigenvalue weighted by molar-refractivity contribution is 5.36. The van der Waals surface area contributed by atoms with Crippen LogP contribution in [0.3, 0.4) is 0 Å². The standard InChI is InChI=1S/C17H17F2N/c1-12-3-2-4-14(7-12)17(10-20-11-17)9-13-8-15(18)5-6-16(13)19/h2-8,20H,9-11H2,1H3. The fourth-order valence-corrected chi connectivity index (χ4v) is 2.88. The summed E-state index contributed by atoms with van der Waals surface area (Å²) < 4.78 is 27.2. The van der Waals surface area contributed by atoms with Crippen LogP contribution >= 0.6 is 0 Å². The van der Waals surface area contributed by atoms with E-state index in [1.54, 1.807) is 0 Å². The average Bonchev–Trinajstić information content (AvgIpc) is 2.38. The molecule has 0 atom stereocenters. The van der Waals surface area contributed by atoms with Crippen LogP contribution in [0.15, 0.2) is 42.5 Å². The summed E-state index contributed by atoms with van der Waals surface area (Å²) in [6.07, 6.45) is 0.521. The van der Waals surface area contributed by atoms with E-state index >= 15 is 0 Å². The number of rotatable bonds is 3. The molecule has 0 aromatic heterocycles. The lowest BCUT2D eigenvalue weighted by molar-refractivity contribution is 0.271. The van der Waals surface area contributed by atoms with Crippen molar-refractivity contribution >= 4 is 0 Å². The third kappa shape index (κ3) is 2.34. The van der Waals surface area contributed by atoms with Gasteiger partial charge in [-0.3, -0.25) is 0 Å². The van der Waals surface area contributed by atoms with Crippen molar-refractivity contribution in [1.29, 1.82) is 0 Å². The summed E-state index contributed by atoms with van der Waals surface area (Å²) in [6, 6.07) is 12.0. The van der Waals surface area contributed by atoms with Gasteiger partial charge in [-0.2, -0.15) is 0 Å². The zero-order valence-electron chi connectivity index (χ0n) is 11.4. The molecule has 1 aliphatic heterocycles. The predicted molar refractivity (Wildman–Crippen MR) is 75.8 cm³/mol. The SMILES string of the molecule is Cc1cccc(C2(Cc3cc(F)ccc3F)CNC2)c1. The van der Waals surface area contributed by atoms with Gasteiger partial charge in [-0.25, -0.2) is 8.78 Å². The fourth-order valence-electron chi connectivity index (χ4n) is 2.88. The normalized spacial score (nSPS) is 16.8. The summed E-state index contributed by atoms with van der Waals surface area (Å²) in [5, 5.41) is 3.26. The Hall–Kier alpha value is -1.74. The molecule has 0 unspecified atom stereocenters. The van der Waals surface area contributed by atoms with E-state index in [0.29, 0.717) is 12.0 Å². The molecule has 3 rings (SSSR count). The van der Waals surface area contributed by atoms with Crippen LogP contribution in [0.2, 0.25) is 0 Å². The Morgan fingerprint density at radius 1 is 1.10 bits per heavy atom. The lowest BCUT2D eigenvalue weighted by atomic mass is 9.70. The van der Waals surface area contributed by atoms with Gasteiger partial charge in [0.15, 0.2) is 0 Å². The topological polar surface area (TPSA) is 12.0 Å². The molecule has 2 aromatic carbocycles. The molecule has 0 saturated carbocycles. The summed E-state index contributed by atoms with van der Waals surface area (Å²) in [4.78, 5) is 0. The molecule has 0 spiro atoms. The Labute approximate surface area is 117 Å². The van der Waals surface area contributed by atoms with E-state index in [1.165, 1.54) is 23.3 Å². The van der Waals surface area contributed by atoms with E-state index in [-0.39, 0.29) is 17.0 Å². The Balaban J connectivity index is 1.96. The van der Waals surface area contributed by atoms with Crippen molar-refractivity contribution in [3.05, 3.63) is 70.8 Å². The van der Waals surface area contributed by atoms with Gasteiger partial charge in [0, 0.05) is 18.5 Å². The van der Waals surface area contributed by atoms with Gasteiger partial charge in [0.2, 0.25) is 0 Å². The second-order valence-electron chi connectivity index (χ2n) is 5.67. The van der Waals surface area contributed by atoms with Crippen molar-refractivity contribution < 1.29 is 8.78 Å². The summed E-state index contributed by atoms with van der Waals surface area (Å²) in [6.45, 7) is 3.64. The third-order valence-corrected chi connectivity index (χ3v) is 4.09. The molecule has 0 aliphatic carbocycles. The lowest BCUT2D eigenvalue weighted by Gasteiger charge is -2.43. The molecule has 3 heteroatoms. The molecule has 20 heavy (non-hydrogen) atoms. The minimum absolute atomic E-state index is 0.124. The molecule has 104 valence electrons. The molecule has 2 aromatic rings. The zero-order valence-corrected chi connectivity index (χ0v) is 11.4. The van der Waals surface area contributed by atoms with Crippen LogP contribution in [0.5, 0.6) is 0 Å². The third-order valence-electron chi connectivity index (χ3n) is 4.09. The van der Waals surface area contributed by atoms with Gasteiger partial charge in [-0.05, 0) is 42.7 Å². The van der Waals surface area contributed by atoms with E-state index in [0.717, 1.165) is 19.2 Å². The van der Waals surface area contributed by atoms with Crippen LogP contribution in [-0.4, -0.2) is 13.1 Å². The molecule has 1 nitrogen and oxygen atoms in total. The largest absolute Gasteiger partial charge is 0.315 e. The summed E-state index contributed by atoms with van der Waals surface area (Å²) >= 11 is 0. The van der Waals surface area contributed by atoms with Crippen LogP contribution < -0.4 is 5.32 Å². The van der Waals surface area contributed by atoms with Gasteiger partial charge in [0.1, 0.15) is 11.6 Å². The van der Waals surface area contributed by atoms with Crippen molar-refractivity contribution in [1.82, 2.24) is 5.32 Å². The van der Waals surface area contributed by atoms with Gasteiger partial charge >= 0.3 is 0 Å². The first-order valence-corrected chi connectivity index (χ1v) is 6.81. The maximum Gasteiger partial charge on any atom is 0.126 e. The Bertz CT molecular complexity index is 633. The molecular weight excluding hydrogens is 256 g/mol. The van der Waals surface area contributed by atoms with Gasteiger partial charge in [0.25, 0.3) is 0 Å². The molecule has 1 heterocycles. The smallest absolute Gasteiger partial charge is 0.126 e. The number of hydrogen-bond donors (Lipinski definition) is 1. The number of nitrogens with one attached hydrogen (secondary N) is 1. The highest BCUT2D eigenvalue weighted by atomic mass is 19.1. The average molecular weight is 273 g/mol. The van der Waals surface area contributed by atoms with Gasteiger partial charge in [0.05, 0.1) is 0 Å². The quantitative estimate of drug-likeness (QED) is 0.904. The van der Waals surface area contributed by atoms with Crippen LogP contribution in [-0.2, 0) is 11.8 Å². The van der Waals surface area contributed by atoms with Gasteiger partial charge in [-0.15, -0.1) is 0 Å². The first-order valence-electron chi connectivity index (χ1n) is 6.81. The van der Waals surface area contributed by atoms with Crippen molar-refractivity contribution in [3.63, 3.8) is 0 Å². The second kappa shape index (κ2) is 4.98. The van der Waals surface area contributed by atoms with E-state index < -0.39 is 0 Å². The Kier molecular flexibility index (Phi) is 3.30. The van der Waals surface area contributed by atoms with E-state index in [9.17, 15) is 8.78 Å². The number of hydrogen-bond acceptors (Lipinski definition) is 1. The Morgan fingerprint density at radius 2 is 1.90 bits per heavy atom. The highest BCUT2D eigenvalue weighted by Gasteiger charge is 2.39. The maximum atomic E-state index is 13.9. The first kappa shape index (κ1) is 13.3. The summed E-state index contributed by atoms with van der Waals surface area (Å²) in [5.41, 5.74) is 2.71. The molecule has 1 aliphatic rings. The first-order chi connectivity index (χ1) is 9.59. The van der Waals surface area contributed by atoms with E-state index in [2.05, 4.69) is 17.4 Å². The monoisotopic (exact) mass is 273 g/mol. The molecule has 0 bridgehead atoms. The fraction of sp³-hybridized carbons (Fsp3) is 0.294. The predicted octanol–water partition coefficient (Wildman–Crippen LogP) is 3.36. The molecule has 0 amide bonds. The summed E-state index contributed by atoms with van der Waals surface area (Å²) in [5.74, 6) is -0.710. The number of halogens is 2. The van der Waals surface area contributed by atoms with Crippen molar-refractivity contribution in [2.24, 2.45) is 0 Å². The van der Waals surface area contributed by atoms with Crippen molar-refractivity contribution in [2.45, 2.75) is 18.8 Å². The molecule has 1 N–H and O–H groups in total. The van der Waals surface area contributed by atoms with Gasteiger partial charge in [-0.1, -0.05) is 29.8 Å². The molecule has 1 saturated heterocycles. The lowest BCUT2D eigenvalue weighted by Crippen LogP contribution is -2.58. The van der Waals surface area contributed by atoms with Crippen LogP contribution in [0, 0.1) is 18.6 Å². The van der Waals surface area contributed by atoms with Crippen LogP contribution in [0.4, 0.5) is 8.78 Å². The van der Waals surface area contributed by atoms with Gasteiger partial charge < -0.3 is 5.32 Å². The van der Waals surface area contributed by atoms with Crippen molar-refractivity contribution in [3.8, 4) is 0 Å². The molecule has 1 fully saturated rings. The van der Waals surface area contributed by atoms with Crippen molar-refractivity contribution in [2.75, 3.05) is 13.1 Å². The summed E-state index contributed by atoms with van der Waals surface area (Å²) in [7, 11) is 0. The maximum absolute atomic E-state index is 13.9. The number of benzene rings is 2. The molecule has 0 radical (unpaired) electrons. The highest BCUT2D eigenvalue weighted by Crippen LogP contribution is 2.33. The van der Waals surface area contributed by atoms with Crippen LogP contribution in [0.25, 0.3) is 0 Å². The van der Waals surface area contributed by atoms with E-state index in [1.807, 2.05) is 19.1 Å². The zero-order chi connectivity index (χ0) is 14.2. The Morgan fingerprint density at radius 3 is 2.55 bits per heavy atom. The minimum Gasteiger partial charge on any atom is -0.315 e. The number of aryl methyl sites for hydroxylation is 1.